The SMILES string of the molecule is c1ccc(-c2cc3c(NCCOCC4CCCO4)ncnc3s2)cc1. The molecule has 5 nitrogen and oxygen atoms in total. The van der Waals surface area contributed by atoms with Crippen molar-refractivity contribution in [2.45, 2.75) is 18.9 Å². The molecule has 0 saturated carbocycles. The first-order valence-electron chi connectivity index (χ1n) is 8.63. The lowest BCUT2D eigenvalue weighted by atomic mass is 10.2. The van der Waals surface area contributed by atoms with E-state index >= 15 is 0 Å². The second-order valence-corrected chi connectivity index (χ2v) is 7.09. The molecule has 1 aliphatic rings. The van der Waals surface area contributed by atoms with Gasteiger partial charge in [0.05, 0.1) is 24.7 Å². The molecule has 130 valence electrons. The van der Waals surface area contributed by atoms with Crippen LogP contribution in [0.1, 0.15) is 12.8 Å². The monoisotopic (exact) mass is 355 g/mol. The van der Waals surface area contributed by atoms with E-state index in [9.17, 15) is 0 Å². The Morgan fingerprint density at radius 3 is 3.00 bits per heavy atom. The quantitative estimate of drug-likeness (QED) is 0.650. The third-order valence-electron chi connectivity index (χ3n) is 4.25. The second kappa shape index (κ2) is 7.91. The molecule has 0 radical (unpaired) electrons. The van der Waals surface area contributed by atoms with Gasteiger partial charge < -0.3 is 14.8 Å². The van der Waals surface area contributed by atoms with Crippen LogP contribution in [0.3, 0.4) is 0 Å². The Hall–Kier alpha value is -2.02. The van der Waals surface area contributed by atoms with Crippen LogP contribution >= 0.6 is 11.3 Å². The molecule has 0 amide bonds. The molecule has 6 heteroatoms. The summed E-state index contributed by atoms with van der Waals surface area (Å²) in [6, 6.07) is 12.5. The largest absolute Gasteiger partial charge is 0.377 e. The first-order chi connectivity index (χ1) is 12.4. The average molecular weight is 355 g/mol. The first kappa shape index (κ1) is 16.4. The molecule has 3 aromatic rings. The van der Waals surface area contributed by atoms with E-state index in [1.54, 1.807) is 17.7 Å². The van der Waals surface area contributed by atoms with Gasteiger partial charge in [-0.1, -0.05) is 30.3 Å². The van der Waals surface area contributed by atoms with Crippen molar-refractivity contribution in [1.82, 2.24) is 9.97 Å². The number of rotatable bonds is 7. The maximum atomic E-state index is 5.70. The van der Waals surface area contributed by atoms with Gasteiger partial charge in [-0.2, -0.15) is 0 Å². The van der Waals surface area contributed by atoms with Gasteiger partial charge in [0.2, 0.25) is 0 Å². The van der Waals surface area contributed by atoms with E-state index in [0.717, 1.165) is 42.0 Å². The summed E-state index contributed by atoms with van der Waals surface area (Å²) in [5.41, 5.74) is 1.20. The van der Waals surface area contributed by atoms with Gasteiger partial charge in [-0.25, -0.2) is 9.97 Å². The van der Waals surface area contributed by atoms with Crippen molar-refractivity contribution in [3.63, 3.8) is 0 Å². The molecule has 3 heterocycles. The number of hydrogen-bond acceptors (Lipinski definition) is 6. The van der Waals surface area contributed by atoms with E-state index in [0.29, 0.717) is 13.2 Å². The number of nitrogens with one attached hydrogen (secondary N) is 1. The lowest BCUT2D eigenvalue weighted by Gasteiger charge is -2.11. The number of thiophene rings is 1. The Morgan fingerprint density at radius 1 is 1.24 bits per heavy atom. The number of benzene rings is 1. The molecule has 1 atom stereocenters. The number of aromatic nitrogens is 2. The zero-order valence-electron chi connectivity index (χ0n) is 14.0. The highest BCUT2D eigenvalue weighted by molar-refractivity contribution is 7.21. The van der Waals surface area contributed by atoms with E-state index in [1.165, 1.54) is 10.4 Å². The molecule has 4 rings (SSSR count). The van der Waals surface area contributed by atoms with Crippen LogP contribution in [0, 0.1) is 0 Å². The summed E-state index contributed by atoms with van der Waals surface area (Å²) in [5.74, 6) is 0.865. The molecule has 0 aliphatic carbocycles. The standard InChI is InChI=1S/C19H21N3O2S/c1-2-5-14(6-3-1)17-11-16-18(21-13-22-19(16)25-17)20-8-10-23-12-15-7-4-9-24-15/h1-3,5-6,11,13,15H,4,7-10,12H2,(H,20,21,22). The van der Waals surface area contributed by atoms with Crippen LogP contribution in [0.5, 0.6) is 0 Å². The zero-order chi connectivity index (χ0) is 16.9. The normalized spacial score (nSPS) is 17.2. The van der Waals surface area contributed by atoms with Crippen molar-refractivity contribution < 1.29 is 9.47 Å². The summed E-state index contributed by atoms with van der Waals surface area (Å²) in [4.78, 5) is 11.0. The summed E-state index contributed by atoms with van der Waals surface area (Å²) in [6.45, 7) is 2.90. The Kier molecular flexibility index (Phi) is 5.20. The second-order valence-electron chi connectivity index (χ2n) is 6.05. The number of anilines is 1. The van der Waals surface area contributed by atoms with E-state index in [2.05, 4.69) is 45.6 Å². The number of hydrogen-bond donors (Lipinski definition) is 1. The third kappa shape index (κ3) is 3.98. The predicted octanol–water partition coefficient (Wildman–Crippen LogP) is 3.97. The summed E-state index contributed by atoms with van der Waals surface area (Å²) >= 11 is 1.69. The molecule has 1 N–H and O–H groups in total. The van der Waals surface area contributed by atoms with Gasteiger partial charge in [-0.15, -0.1) is 11.3 Å². The van der Waals surface area contributed by atoms with Crippen molar-refractivity contribution in [3.05, 3.63) is 42.7 Å². The van der Waals surface area contributed by atoms with Gasteiger partial charge in [-0.3, -0.25) is 0 Å². The van der Waals surface area contributed by atoms with Crippen LogP contribution in [0.2, 0.25) is 0 Å². The van der Waals surface area contributed by atoms with Crippen molar-refractivity contribution in [1.29, 1.82) is 0 Å². The predicted molar refractivity (Wildman–Crippen MR) is 101 cm³/mol. The van der Waals surface area contributed by atoms with Gasteiger partial charge >= 0.3 is 0 Å². The van der Waals surface area contributed by atoms with E-state index in [4.69, 9.17) is 9.47 Å². The molecule has 25 heavy (non-hydrogen) atoms. The molecular weight excluding hydrogens is 334 g/mol. The van der Waals surface area contributed by atoms with Gasteiger partial charge in [0.25, 0.3) is 0 Å². The fraction of sp³-hybridized carbons (Fsp3) is 0.368. The fourth-order valence-corrected chi connectivity index (χ4v) is 3.98. The van der Waals surface area contributed by atoms with Crippen molar-refractivity contribution in [3.8, 4) is 10.4 Å². The van der Waals surface area contributed by atoms with Crippen molar-refractivity contribution >= 4 is 27.4 Å². The molecule has 0 spiro atoms. The van der Waals surface area contributed by atoms with Crippen LogP contribution in [-0.2, 0) is 9.47 Å². The summed E-state index contributed by atoms with van der Waals surface area (Å²) in [6.07, 6.45) is 4.14. The Bertz CT molecular complexity index is 816. The van der Waals surface area contributed by atoms with Crippen LogP contribution in [0.15, 0.2) is 42.7 Å². The van der Waals surface area contributed by atoms with Crippen LogP contribution in [0.25, 0.3) is 20.7 Å². The van der Waals surface area contributed by atoms with Crippen molar-refractivity contribution in [2.24, 2.45) is 0 Å². The highest BCUT2D eigenvalue weighted by Crippen LogP contribution is 2.34. The van der Waals surface area contributed by atoms with E-state index in [1.807, 2.05) is 6.07 Å². The van der Waals surface area contributed by atoms with Crippen LogP contribution in [-0.4, -0.2) is 42.4 Å². The van der Waals surface area contributed by atoms with Crippen LogP contribution in [0.4, 0.5) is 5.82 Å². The molecule has 1 aromatic carbocycles. The van der Waals surface area contributed by atoms with Gasteiger partial charge in [0, 0.05) is 18.0 Å². The lowest BCUT2D eigenvalue weighted by Crippen LogP contribution is -2.18. The van der Waals surface area contributed by atoms with E-state index in [-0.39, 0.29) is 6.10 Å². The minimum Gasteiger partial charge on any atom is -0.377 e. The Morgan fingerprint density at radius 2 is 2.16 bits per heavy atom. The average Bonchev–Trinajstić information content (AvgIpc) is 3.32. The zero-order valence-corrected chi connectivity index (χ0v) is 14.8. The van der Waals surface area contributed by atoms with Gasteiger partial charge in [-0.05, 0) is 24.5 Å². The van der Waals surface area contributed by atoms with E-state index < -0.39 is 0 Å². The number of ether oxygens (including phenoxy) is 2. The molecule has 1 saturated heterocycles. The van der Waals surface area contributed by atoms with Crippen molar-refractivity contribution in [2.75, 3.05) is 31.7 Å². The third-order valence-corrected chi connectivity index (χ3v) is 5.35. The molecular formula is C19H21N3O2S. The Balaban J connectivity index is 1.38. The number of fused-ring (bicyclic) bond motifs is 1. The molecule has 2 aromatic heterocycles. The minimum absolute atomic E-state index is 0.274. The minimum atomic E-state index is 0.274. The molecule has 1 unspecified atom stereocenters. The number of nitrogens with zero attached hydrogens (tertiary/aromatic N) is 2. The maximum absolute atomic E-state index is 5.70. The molecule has 0 bridgehead atoms. The van der Waals surface area contributed by atoms with Gasteiger partial charge in [0.15, 0.2) is 0 Å². The highest BCUT2D eigenvalue weighted by atomic mass is 32.1. The molecule has 1 aliphatic heterocycles. The molecule has 1 fully saturated rings. The summed E-state index contributed by atoms with van der Waals surface area (Å²) in [7, 11) is 0. The summed E-state index contributed by atoms with van der Waals surface area (Å²) < 4.78 is 11.3. The first-order valence-corrected chi connectivity index (χ1v) is 9.45. The topological polar surface area (TPSA) is 56.3 Å². The lowest BCUT2D eigenvalue weighted by molar-refractivity contribution is 0.0206. The maximum Gasteiger partial charge on any atom is 0.138 e. The van der Waals surface area contributed by atoms with Crippen LogP contribution < -0.4 is 5.32 Å². The smallest absolute Gasteiger partial charge is 0.138 e. The Labute approximate surface area is 151 Å². The van der Waals surface area contributed by atoms with Gasteiger partial charge in [0.1, 0.15) is 17.0 Å². The summed E-state index contributed by atoms with van der Waals surface area (Å²) in [5, 5.41) is 4.43. The highest BCUT2D eigenvalue weighted by Gasteiger charge is 2.15. The fourth-order valence-electron chi connectivity index (χ4n) is 2.97.